The molecule has 1 aromatic rings. The van der Waals surface area contributed by atoms with Crippen molar-refractivity contribution in [3.8, 4) is 0 Å². The highest BCUT2D eigenvalue weighted by Crippen LogP contribution is 2.53. The van der Waals surface area contributed by atoms with Crippen LogP contribution in [-0.2, 0) is 0 Å². The zero-order valence-corrected chi connectivity index (χ0v) is 11.2. The van der Waals surface area contributed by atoms with Crippen LogP contribution >= 0.6 is 39.0 Å². The lowest BCUT2D eigenvalue weighted by Crippen LogP contribution is -2.39. The number of thioether (sulfide) groups is 1. The Morgan fingerprint density at radius 2 is 2.36 bits per heavy atom. The van der Waals surface area contributed by atoms with E-state index in [0.29, 0.717) is 0 Å². The number of hydrogen-bond donors (Lipinski definition) is 1. The molecule has 1 heterocycles. The fourth-order valence-corrected chi connectivity index (χ4v) is 4.66. The van der Waals surface area contributed by atoms with Crippen molar-refractivity contribution >= 4 is 39.0 Å². The van der Waals surface area contributed by atoms with Crippen molar-refractivity contribution < 1.29 is 5.11 Å². The van der Waals surface area contributed by atoms with E-state index in [1.807, 2.05) is 23.2 Å². The van der Waals surface area contributed by atoms with Crippen LogP contribution in [0.25, 0.3) is 0 Å². The first-order valence-electron chi connectivity index (χ1n) is 4.66. The SMILES string of the molecule is CSC1(C(O)c2sccc2Br)CCC1. The summed E-state index contributed by atoms with van der Waals surface area (Å²) in [5.74, 6) is 0. The van der Waals surface area contributed by atoms with Crippen LogP contribution in [0.2, 0.25) is 0 Å². The smallest absolute Gasteiger partial charge is 0.104 e. The Balaban J connectivity index is 2.22. The molecular weight excluding hydrogens is 280 g/mol. The third kappa shape index (κ3) is 1.66. The average Bonchev–Trinajstić information content (AvgIpc) is 2.50. The summed E-state index contributed by atoms with van der Waals surface area (Å²) in [6, 6.07) is 2.01. The lowest BCUT2D eigenvalue weighted by molar-refractivity contribution is 0.0901. The highest BCUT2D eigenvalue weighted by Gasteiger charge is 2.44. The monoisotopic (exact) mass is 292 g/mol. The number of rotatable bonds is 3. The van der Waals surface area contributed by atoms with Crippen molar-refractivity contribution in [2.24, 2.45) is 0 Å². The molecule has 0 aromatic carbocycles. The second-order valence-electron chi connectivity index (χ2n) is 3.66. The van der Waals surface area contributed by atoms with Gasteiger partial charge in [-0.3, -0.25) is 0 Å². The van der Waals surface area contributed by atoms with Crippen LogP contribution in [-0.4, -0.2) is 16.1 Å². The first-order chi connectivity index (χ1) is 6.69. The summed E-state index contributed by atoms with van der Waals surface area (Å²) in [6.45, 7) is 0. The largest absolute Gasteiger partial charge is 0.386 e. The van der Waals surface area contributed by atoms with E-state index in [4.69, 9.17) is 0 Å². The molecule has 0 saturated heterocycles. The van der Waals surface area contributed by atoms with Gasteiger partial charge in [0.25, 0.3) is 0 Å². The van der Waals surface area contributed by atoms with Crippen molar-refractivity contribution in [3.63, 3.8) is 0 Å². The summed E-state index contributed by atoms with van der Waals surface area (Å²) < 4.78 is 1.14. The number of hydrogen-bond acceptors (Lipinski definition) is 3. The third-order valence-electron chi connectivity index (χ3n) is 3.00. The summed E-state index contributed by atoms with van der Waals surface area (Å²) in [6.07, 6.45) is 5.32. The van der Waals surface area contributed by atoms with Crippen molar-refractivity contribution in [2.75, 3.05) is 6.26 Å². The number of thiophene rings is 1. The molecule has 2 rings (SSSR count). The lowest BCUT2D eigenvalue weighted by atomic mass is 9.79. The molecule has 0 aliphatic heterocycles. The molecule has 1 N–H and O–H groups in total. The molecule has 1 saturated carbocycles. The van der Waals surface area contributed by atoms with Gasteiger partial charge in [-0.15, -0.1) is 11.3 Å². The zero-order valence-electron chi connectivity index (χ0n) is 8.00. The molecule has 1 atom stereocenters. The van der Waals surface area contributed by atoms with E-state index in [0.717, 1.165) is 22.2 Å². The van der Waals surface area contributed by atoms with E-state index in [1.54, 1.807) is 11.3 Å². The van der Waals surface area contributed by atoms with Crippen molar-refractivity contribution in [1.82, 2.24) is 0 Å². The second kappa shape index (κ2) is 4.16. The summed E-state index contributed by atoms with van der Waals surface area (Å²) in [5, 5.41) is 12.3. The van der Waals surface area contributed by atoms with Crippen LogP contribution in [0, 0.1) is 0 Å². The van der Waals surface area contributed by atoms with Crippen molar-refractivity contribution in [1.29, 1.82) is 0 Å². The zero-order chi connectivity index (χ0) is 10.2. The lowest BCUT2D eigenvalue weighted by Gasteiger charge is -2.43. The Kier molecular flexibility index (Phi) is 3.27. The van der Waals surface area contributed by atoms with Crippen LogP contribution in [0.1, 0.15) is 30.2 Å². The van der Waals surface area contributed by atoms with Crippen LogP contribution in [0.15, 0.2) is 15.9 Å². The molecular formula is C10H13BrOS2. The first-order valence-corrected chi connectivity index (χ1v) is 7.55. The van der Waals surface area contributed by atoms with Crippen LogP contribution in [0.4, 0.5) is 0 Å². The molecule has 1 fully saturated rings. The minimum absolute atomic E-state index is 0.0906. The highest BCUT2D eigenvalue weighted by atomic mass is 79.9. The molecule has 0 bridgehead atoms. The molecule has 78 valence electrons. The molecule has 0 radical (unpaired) electrons. The predicted octanol–water partition coefficient (Wildman–Crippen LogP) is 3.83. The van der Waals surface area contributed by atoms with Gasteiger partial charge in [-0.2, -0.15) is 11.8 Å². The van der Waals surface area contributed by atoms with E-state index in [1.165, 1.54) is 6.42 Å². The van der Waals surface area contributed by atoms with E-state index in [9.17, 15) is 5.11 Å². The van der Waals surface area contributed by atoms with Gasteiger partial charge < -0.3 is 5.11 Å². The first kappa shape index (κ1) is 11.0. The quantitative estimate of drug-likeness (QED) is 0.914. The summed E-state index contributed by atoms with van der Waals surface area (Å²) in [5.41, 5.74) is 0. The molecule has 0 amide bonds. The van der Waals surface area contributed by atoms with Gasteiger partial charge in [0.1, 0.15) is 6.10 Å². The van der Waals surface area contributed by atoms with Crippen LogP contribution in [0.5, 0.6) is 0 Å². The number of aliphatic hydroxyl groups is 1. The van der Waals surface area contributed by atoms with Gasteiger partial charge in [-0.05, 0) is 46.5 Å². The molecule has 1 unspecified atom stereocenters. The Labute approximate surface area is 101 Å². The Morgan fingerprint density at radius 1 is 1.64 bits per heavy atom. The fraction of sp³-hybridized carbons (Fsp3) is 0.600. The Hall–Kier alpha value is 0.490. The molecule has 14 heavy (non-hydrogen) atoms. The van der Waals surface area contributed by atoms with E-state index >= 15 is 0 Å². The molecule has 0 spiro atoms. The number of halogens is 1. The van der Waals surface area contributed by atoms with Gasteiger partial charge in [0.15, 0.2) is 0 Å². The van der Waals surface area contributed by atoms with Gasteiger partial charge in [0, 0.05) is 14.1 Å². The molecule has 1 aromatic heterocycles. The maximum atomic E-state index is 10.3. The minimum atomic E-state index is -0.305. The topological polar surface area (TPSA) is 20.2 Å². The van der Waals surface area contributed by atoms with Gasteiger partial charge in [-0.25, -0.2) is 0 Å². The summed E-state index contributed by atoms with van der Waals surface area (Å²) in [4.78, 5) is 1.08. The fourth-order valence-electron chi connectivity index (χ4n) is 1.85. The van der Waals surface area contributed by atoms with Gasteiger partial charge in [0.2, 0.25) is 0 Å². The standard InChI is InChI=1S/C10H13BrOS2/c1-13-10(4-2-5-10)9(12)8-7(11)3-6-14-8/h3,6,9,12H,2,4-5H2,1H3. The van der Waals surface area contributed by atoms with Crippen LogP contribution < -0.4 is 0 Å². The third-order valence-corrected chi connectivity index (χ3v) is 6.37. The normalized spacial score (nSPS) is 21.6. The van der Waals surface area contributed by atoms with Crippen LogP contribution in [0.3, 0.4) is 0 Å². The Morgan fingerprint density at radius 3 is 2.71 bits per heavy atom. The van der Waals surface area contributed by atoms with Crippen molar-refractivity contribution in [2.45, 2.75) is 30.1 Å². The maximum Gasteiger partial charge on any atom is 0.104 e. The van der Waals surface area contributed by atoms with Gasteiger partial charge in [-0.1, -0.05) is 6.42 Å². The van der Waals surface area contributed by atoms with Crippen molar-refractivity contribution in [3.05, 3.63) is 20.8 Å². The van der Waals surface area contributed by atoms with Gasteiger partial charge >= 0.3 is 0 Å². The predicted molar refractivity (Wildman–Crippen MR) is 67.1 cm³/mol. The molecule has 1 aliphatic rings. The molecule has 1 aliphatic carbocycles. The van der Waals surface area contributed by atoms with E-state index in [2.05, 4.69) is 22.2 Å². The van der Waals surface area contributed by atoms with Gasteiger partial charge in [0.05, 0.1) is 0 Å². The molecule has 4 heteroatoms. The minimum Gasteiger partial charge on any atom is -0.386 e. The van der Waals surface area contributed by atoms with E-state index < -0.39 is 0 Å². The second-order valence-corrected chi connectivity index (χ2v) is 6.68. The average molecular weight is 293 g/mol. The summed E-state index contributed by atoms with van der Waals surface area (Å²) in [7, 11) is 0. The summed E-state index contributed by atoms with van der Waals surface area (Å²) >= 11 is 6.93. The van der Waals surface area contributed by atoms with E-state index in [-0.39, 0.29) is 10.9 Å². The highest BCUT2D eigenvalue weighted by molar-refractivity contribution is 9.10. The number of aliphatic hydroxyl groups excluding tert-OH is 1. The Bertz CT molecular complexity index is 314. The molecule has 1 nitrogen and oxygen atoms in total. The maximum absolute atomic E-state index is 10.3.